The molecule has 0 amide bonds. The largest absolute Gasteiger partial charge is 0.203 e. The molecule has 0 saturated carbocycles. The molecule has 0 radical (unpaired) electrons. The van der Waals surface area contributed by atoms with Gasteiger partial charge in [-0.15, -0.1) is 0 Å². The molecular weight excluding hydrogens is 108 g/mol. The fourth-order valence-electron chi connectivity index (χ4n) is 0.668. The van der Waals surface area contributed by atoms with E-state index in [1.165, 1.54) is 0 Å². The molecule has 0 aromatic rings. The standard InChI is InChI=1S/C5H10O3/c1-2-3-5-4-6-8-7-5/h5H,2-4H2,1H3. The van der Waals surface area contributed by atoms with Crippen molar-refractivity contribution >= 4 is 0 Å². The zero-order chi connectivity index (χ0) is 5.82. The van der Waals surface area contributed by atoms with Crippen LogP contribution >= 0.6 is 0 Å². The molecule has 0 aromatic heterocycles. The lowest BCUT2D eigenvalue weighted by atomic mass is 10.2. The Morgan fingerprint density at radius 1 is 1.62 bits per heavy atom. The Bertz CT molecular complexity index is 58.7. The Balaban J connectivity index is 2.06. The molecule has 8 heavy (non-hydrogen) atoms. The van der Waals surface area contributed by atoms with Gasteiger partial charge >= 0.3 is 0 Å². The van der Waals surface area contributed by atoms with E-state index < -0.39 is 0 Å². The van der Waals surface area contributed by atoms with E-state index in [0.29, 0.717) is 6.61 Å². The van der Waals surface area contributed by atoms with Crippen molar-refractivity contribution in [1.82, 2.24) is 0 Å². The minimum atomic E-state index is 0.167. The monoisotopic (exact) mass is 118 g/mol. The molecule has 0 spiro atoms. The van der Waals surface area contributed by atoms with Crippen LogP contribution in [0.25, 0.3) is 0 Å². The molecule has 1 heterocycles. The van der Waals surface area contributed by atoms with E-state index in [1.807, 2.05) is 0 Å². The summed E-state index contributed by atoms with van der Waals surface area (Å²) in [7, 11) is 0. The lowest BCUT2D eigenvalue weighted by Crippen LogP contribution is -2.07. The Morgan fingerprint density at radius 3 is 3.00 bits per heavy atom. The van der Waals surface area contributed by atoms with Crippen molar-refractivity contribution in [3.63, 3.8) is 0 Å². The van der Waals surface area contributed by atoms with Crippen molar-refractivity contribution in [2.45, 2.75) is 25.9 Å². The fourth-order valence-corrected chi connectivity index (χ4v) is 0.668. The zero-order valence-electron chi connectivity index (χ0n) is 4.92. The zero-order valence-corrected chi connectivity index (χ0v) is 4.92. The van der Waals surface area contributed by atoms with Crippen LogP contribution in [0.4, 0.5) is 0 Å². The van der Waals surface area contributed by atoms with Crippen LogP contribution in [0.15, 0.2) is 0 Å². The van der Waals surface area contributed by atoms with Crippen LogP contribution in [0.3, 0.4) is 0 Å². The van der Waals surface area contributed by atoms with Crippen molar-refractivity contribution in [2.75, 3.05) is 6.61 Å². The summed E-state index contributed by atoms with van der Waals surface area (Å²) in [5.41, 5.74) is 0. The van der Waals surface area contributed by atoms with Crippen LogP contribution in [0.5, 0.6) is 0 Å². The van der Waals surface area contributed by atoms with Crippen molar-refractivity contribution < 1.29 is 14.8 Å². The van der Waals surface area contributed by atoms with Crippen LogP contribution in [0, 0.1) is 0 Å². The number of rotatable bonds is 2. The maximum absolute atomic E-state index is 4.67. The second-order valence-electron chi connectivity index (χ2n) is 1.86. The van der Waals surface area contributed by atoms with Crippen molar-refractivity contribution in [3.05, 3.63) is 0 Å². The van der Waals surface area contributed by atoms with E-state index in [1.54, 1.807) is 0 Å². The van der Waals surface area contributed by atoms with Crippen LogP contribution in [0.1, 0.15) is 19.8 Å². The summed E-state index contributed by atoms with van der Waals surface area (Å²) in [5, 5.41) is 4.21. The van der Waals surface area contributed by atoms with Crippen molar-refractivity contribution in [3.8, 4) is 0 Å². The first-order valence-corrected chi connectivity index (χ1v) is 2.88. The Kier molecular flexibility index (Phi) is 2.27. The molecule has 48 valence electrons. The fraction of sp³-hybridized carbons (Fsp3) is 1.00. The summed E-state index contributed by atoms with van der Waals surface area (Å²) >= 11 is 0. The van der Waals surface area contributed by atoms with Gasteiger partial charge in [-0.3, -0.25) is 0 Å². The Hall–Kier alpha value is -0.120. The number of hydrogen-bond donors (Lipinski definition) is 0. The van der Waals surface area contributed by atoms with Crippen molar-refractivity contribution in [1.29, 1.82) is 0 Å². The summed E-state index contributed by atoms with van der Waals surface area (Å²) in [6.45, 7) is 2.68. The first-order chi connectivity index (χ1) is 3.93. The molecule has 0 aromatic carbocycles. The molecule has 1 aliphatic heterocycles. The molecule has 0 bridgehead atoms. The average molecular weight is 118 g/mol. The van der Waals surface area contributed by atoms with Crippen molar-refractivity contribution in [2.24, 2.45) is 0 Å². The van der Waals surface area contributed by atoms with Crippen LogP contribution in [0.2, 0.25) is 0 Å². The predicted octanol–water partition coefficient (Wildman–Crippen LogP) is 1.05. The average Bonchev–Trinajstić information content (AvgIpc) is 2.19. The SMILES string of the molecule is CCCC1COOO1. The molecule has 1 aliphatic rings. The quantitative estimate of drug-likeness (QED) is 0.507. The van der Waals surface area contributed by atoms with E-state index >= 15 is 0 Å². The summed E-state index contributed by atoms with van der Waals surface area (Å²) in [5.74, 6) is 0. The lowest BCUT2D eigenvalue weighted by molar-refractivity contribution is -0.460. The first-order valence-electron chi connectivity index (χ1n) is 2.88. The summed E-state index contributed by atoms with van der Waals surface area (Å²) in [4.78, 5) is 9.16. The summed E-state index contributed by atoms with van der Waals surface area (Å²) < 4.78 is 0. The van der Waals surface area contributed by atoms with Gasteiger partial charge in [0.25, 0.3) is 0 Å². The highest BCUT2D eigenvalue weighted by molar-refractivity contribution is 4.52. The van der Waals surface area contributed by atoms with Gasteiger partial charge in [0.05, 0.1) is 0 Å². The Morgan fingerprint density at radius 2 is 2.50 bits per heavy atom. The first kappa shape index (κ1) is 6.01. The van der Waals surface area contributed by atoms with E-state index in [2.05, 4.69) is 21.7 Å². The molecule has 1 fully saturated rings. The van der Waals surface area contributed by atoms with Gasteiger partial charge in [0.2, 0.25) is 0 Å². The Labute approximate surface area is 48.4 Å². The minimum Gasteiger partial charge on any atom is -0.203 e. The molecule has 0 N–H and O–H groups in total. The maximum Gasteiger partial charge on any atom is 0.123 e. The predicted molar refractivity (Wildman–Crippen MR) is 26.8 cm³/mol. The van der Waals surface area contributed by atoms with Crippen LogP contribution < -0.4 is 0 Å². The van der Waals surface area contributed by atoms with E-state index in [9.17, 15) is 0 Å². The normalized spacial score (nSPS) is 28.9. The van der Waals surface area contributed by atoms with Gasteiger partial charge in [-0.25, -0.2) is 9.78 Å². The molecule has 1 atom stereocenters. The van der Waals surface area contributed by atoms with Gasteiger partial charge in [0, 0.05) is 0 Å². The molecule has 1 unspecified atom stereocenters. The molecule has 1 saturated heterocycles. The van der Waals surface area contributed by atoms with Gasteiger partial charge in [0.1, 0.15) is 12.7 Å². The van der Waals surface area contributed by atoms with E-state index in [-0.39, 0.29) is 6.10 Å². The van der Waals surface area contributed by atoms with E-state index in [4.69, 9.17) is 0 Å². The third kappa shape index (κ3) is 1.43. The lowest BCUT2D eigenvalue weighted by Gasteiger charge is -1.97. The molecule has 1 rings (SSSR count). The molecule has 3 heteroatoms. The highest BCUT2D eigenvalue weighted by Crippen LogP contribution is 2.09. The van der Waals surface area contributed by atoms with Gasteiger partial charge < -0.3 is 0 Å². The van der Waals surface area contributed by atoms with Crippen LogP contribution in [-0.4, -0.2) is 12.7 Å². The maximum atomic E-state index is 4.67. The van der Waals surface area contributed by atoms with Gasteiger partial charge in [-0.05, 0) is 6.42 Å². The summed E-state index contributed by atoms with van der Waals surface area (Å²) in [6.07, 6.45) is 2.29. The number of hydrogen-bond acceptors (Lipinski definition) is 3. The third-order valence-electron chi connectivity index (χ3n) is 1.09. The molecular formula is C5H10O3. The second kappa shape index (κ2) is 3.02. The van der Waals surface area contributed by atoms with E-state index in [0.717, 1.165) is 12.8 Å². The highest BCUT2D eigenvalue weighted by atomic mass is 17.5. The third-order valence-corrected chi connectivity index (χ3v) is 1.09. The second-order valence-corrected chi connectivity index (χ2v) is 1.86. The summed E-state index contributed by atoms with van der Waals surface area (Å²) in [6, 6.07) is 0. The smallest absolute Gasteiger partial charge is 0.123 e. The topological polar surface area (TPSA) is 27.7 Å². The minimum absolute atomic E-state index is 0.167. The molecule has 3 nitrogen and oxygen atoms in total. The molecule has 0 aliphatic carbocycles. The van der Waals surface area contributed by atoms with Gasteiger partial charge in [-0.1, -0.05) is 18.4 Å². The van der Waals surface area contributed by atoms with Gasteiger partial charge in [-0.2, -0.15) is 0 Å². The van der Waals surface area contributed by atoms with Gasteiger partial charge in [0.15, 0.2) is 0 Å². The highest BCUT2D eigenvalue weighted by Gasteiger charge is 2.16. The van der Waals surface area contributed by atoms with Crippen LogP contribution in [-0.2, 0) is 14.8 Å².